The van der Waals surface area contributed by atoms with Crippen molar-refractivity contribution >= 4 is 5.97 Å². The Balaban J connectivity index is 3.31. The molecule has 0 aliphatic carbocycles. The number of carbonyl (C=O) groups excluding carboxylic acids is 1. The number of ether oxygens (including phenoxy) is 1. The van der Waals surface area contributed by atoms with Gasteiger partial charge in [0.25, 0.3) is 0 Å². The number of esters is 1. The van der Waals surface area contributed by atoms with Gasteiger partial charge >= 0.3 is 5.97 Å². The lowest BCUT2D eigenvalue weighted by atomic mass is 10.2. The van der Waals surface area contributed by atoms with E-state index in [0.29, 0.717) is 12.8 Å². The minimum atomic E-state index is -0.674. The Morgan fingerprint density at radius 2 is 2.21 bits per heavy atom. The smallest absolute Gasteiger partial charge is 0.305 e. The van der Waals surface area contributed by atoms with Crippen LogP contribution in [0.15, 0.2) is 12.2 Å². The maximum atomic E-state index is 10.7. The summed E-state index contributed by atoms with van der Waals surface area (Å²) in [5.41, 5.74) is 0. The first kappa shape index (κ1) is 13.1. The molecule has 4 nitrogen and oxygen atoms in total. The molecule has 0 spiro atoms. The zero-order valence-electron chi connectivity index (χ0n) is 8.48. The van der Waals surface area contributed by atoms with E-state index in [9.17, 15) is 4.79 Å². The van der Waals surface area contributed by atoms with Crippen LogP contribution in [0.3, 0.4) is 0 Å². The molecule has 0 bridgehead atoms. The number of hydrogen-bond acceptors (Lipinski definition) is 4. The van der Waals surface area contributed by atoms with Crippen LogP contribution in [-0.2, 0) is 9.53 Å². The van der Waals surface area contributed by atoms with Crippen molar-refractivity contribution in [2.75, 3.05) is 13.7 Å². The van der Waals surface area contributed by atoms with E-state index in [0.717, 1.165) is 12.8 Å². The van der Waals surface area contributed by atoms with Crippen LogP contribution in [0, 0.1) is 0 Å². The van der Waals surface area contributed by atoms with Crippen molar-refractivity contribution in [2.45, 2.75) is 31.8 Å². The topological polar surface area (TPSA) is 66.8 Å². The van der Waals surface area contributed by atoms with E-state index in [1.54, 1.807) is 6.08 Å². The standard InChI is InChI=1S/C10H18O4/c1-14-10(13)7-5-3-2-4-6-9(12)8-11/h2,4,9,11-12H,3,5-8H2,1H3/b4-2-/t9-/m1/s1. The average molecular weight is 202 g/mol. The van der Waals surface area contributed by atoms with Gasteiger partial charge in [-0.25, -0.2) is 0 Å². The van der Waals surface area contributed by atoms with Crippen molar-refractivity contribution in [1.82, 2.24) is 0 Å². The molecule has 0 rings (SSSR count). The quantitative estimate of drug-likeness (QED) is 0.361. The number of unbranched alkanes of at least 4 members (excludes halogenated alkanes) is 1. The summed E-state index contributed by atoms with van der Waals surface area (Å²) in [6, 6.07) is 0. The Morgan fingerprint density at radius 3 is 2.79 bits per heavy atom. The predicted octanol–water partition coefficient (Wildman–Crippen LogP) is 0.629. The lowest BCUT2D eigenvalue weighted by Gasteiger charge is -2.00. The van der Waals surface area contributed by atoms with Gasteiger partial charge in [0.2, 0.25) is 0 Å². The molecule has 4 heteroatoms. The molecule has 0 aromatic heterocycles. The number of aliphatic hydroxyl groups is 2. The molecule has 0 amide bonds. The van der Waals surface area contributed by atoms with Gasteiger partial charge in [0.05, 0.1) is 19.8 Å². The van der Waals surface area contributed by atoms with Crippen LogP contribution in [0.1, 0.15) is 25.7 Å². The first-order valence-electron chi connectivity index (χ1n) is 4.71. The zero-order chi connectivity index (χ0) is 10.8. The molecule has 0 fully saturated rings. The summed E-state index contributed by atoms with van der Waals surface area (Å²) in [7, 11) is 1.37. The number of rotatable bonds is 7. The van der Waals surface area contributed by atoms with Crippen molar-refractivity contribution in [3.05, 3.63) is 12.2 Å². The fourth-order valence-corrected chi connectivity index (χ4v) is 0.912. The summed E-state index contributed by atoms with van der Waals surface area (Å²) in [6.45, 7) is -0.216. The lowest BCUT2D eigenvalue weighted by molar-refractivity contribution is -0.140. The third-order valence-electron chi connectivity index (χ3n) is 1.76. The minimum Gasteiger partial charge on any atom is -0.469 e. The molecule has 0 unspecified atom stereocenters. The normalized spacial score (nSPS) is 13.1. The van der Waals surface area contributed by atoms with E-state index >= 15 is 0 Å². The van der Waals surface area contributed by atoms with Crippen LogP contribution < -0.4 is 0 Å². The molecule has 0 aliphatic rings. The van der Waals surface area contributed by atoms with Gasteiger partial charge in [-0.2, -0.15) is 0 Å². The van der Waals surface area contributed by atoms with Gasteiger partial charge < -0.3 is 14.9 Å². The van der Waals surface area contributed by atoms with Crippen LogP contribution in [0.2, 0.25) is 0 Å². The molecule has 0 saturated heterocycles. The molecule has 0 heterocycles. The van der Waals surface area contributed by atoms with Gasteiger partial charge in [0, 0.05) is 6.42 Å². The van der Waals surface area contributed by atoms with Crippen LogP contribution in [0.5, 0.6) is 0 Å². The summed E-state index contributed by atoms with van der Waals surface area (Å²) in [5, 5.41) is 17.5. The summed E-state index contributed by atoms with van der Waals surface area (Å²) in [6.07, 6.45) is 5.43. The predicted molar refractivity (Wildman–Crippen MR) is 52.7 cm³/mol. The Labute approximate surface area is 84.2 Å². The Kier molecular flexibility index (Phi) is 8.17. The monoisotopic (exact) mass is 202 g/mol. The number of carbonyl (C=O) groups is 1. The second kappa shape index (κ2) is 8.72. The van der Waals surface area contributed by atoms with E-state index in [2.05, 4.69) is 4.74 Å². The van der Waals surface area contributed by atoms with Crippen molar-refractivity contribution in [1.29, 1.82) is 0 Å². The fraction of sp³-hybridized carbons (Fsp3) is 0.700. The van der Waals surface area contributed by atoms with Crippen LogP contribution in [-0.4, -0.2) is 36.0 Å². The summed E-state index contributed by atoms with van der Waals surface area (Å²) >= 11 is 0. The van der Waals surface area contributed by atoms with Gasteiger partial charge in [0.1, 0.15) is 0 Å². The molecular formula is C10H18O4. The number of hydrogen-bond donors (Lipinski definition) is 2. The molecule has 1 atom stereocenters. The number of aliphatic hydroxyl groups excluding tert-OH is 2. The van der Waals surface area contributed by atoms with Crippen molar-refractivity contribution in [3.63, 3.8) is 0 Å². The van der Waals surface area contributed by atoms with Crippen LogP contribution in [0.25, 0.3) is 0 Å². The van der Waals surface area contributed by atoms with Crippen molar-refractivity contribution < 1.29 is 19.7 Å². The highest BCUT2D eigenvalue weighted by molar-refractivity contribution is 5.68. The third-order valence-corrected chi connectivity index (χ3v) is 1.76. The Bertz CT molecular complexity index is 177. The van der Waals surface area contributed by atoms with E-state index in [-0.39, 0.29) is 12.6 Å². The molecular weight excluding hydrogens is 184 g/mol. The van der Waals surface area contributed by atoms with Crippen LogP contribution >= 0.6 is 0 Å². The number of allylic oxidation sites excluding steroid dienone is 1. The molecule has 2 N–H and O–H groups in total. The fourth-order valence-electron chi connectivity index (χ4n) is 0.912. The number of methoxy groups -OCH3 is 1. The summed E-state index contributed by atoms with van der Waals surface area (Å²) in [5.74, 6) is -0.200. The van der Waals surface area contributed by atoms with E-state index in [1.165, 1.54) is 7.11 Å². The van der Waals surface area contributed by atoms with Crippen LogP contribution in [0.4, 0.5) is 0 Å². The average Bonchev–Trinajstić information content (AvgIpc) is 2.22. The first-order valence-corrected chi connectivity index (χ1v) is 4.71. The summed E-state index contributed by atoms with van der Waals surface area (Å²) < 4.78 is 4.48. The molecule has 0 aromatic rings. The van der Waals surface area contributed by atoms with Gasteiger partial charge in [0.15, 0.2) is 0 Å². The molecule has 0 aromatic carbocycles. The van der Waals surface area contributed by atoms with E-state index in [4.69, 9.17) is 10.2 Å². The molecule has 0 aliphatic heterocycles. The zero-order valence-corrected chi connectivity index (χ0v) is 8.48. The lowest BCUT2D eigenvalue weighted by Crippen LogP contribution is -2.09. The Hall–Kier alpha value is -0.870. The second-order valence-corrected chi connectivity index (χ2v) is 3.01. The second-order valence-electron chi connectivity index (χ2n) is 3.01. The maximum Gasteiger partial charge on any atom is 0.305 e. The van der Waals surface area contributed by atoms with Gasteiger partial charge in [-0.15, -0.1) is 0 Å². The summed E-state index contributed by atoms with van der Waals surface area (Å²) in [4.78, 5) is 10.7. The molecule has 82 valence electrons. The highest BCUT2D eigenvalue weighted by atomic mass is 16.5. The minimum absolute atomic E-state index is 0.200. The molecule has 0 radical (unpaired) electrons. The SMILES string of the molecule is COC(=O)CCC/C=C\C[C@@H](O)CO. The largest absolute Gasteiger partial charge is 0.469 e. The van der Waals surface area contributed by atoms with Gasteiger partial charge in [-0.05, 0) is 19.3 Å². The highest BCUT2D eigenvalue weighted by Gasteiger charge is 1.98. The van der Waals surface area contributed by atoms with Crippen molar-refractivity contribution in [2.24, 2.45) is 0 Å². The maximum absolute atomic E-state index is 10.7. The molecule has 0 saturated carbocycles. The van der Waals surface area contributed by atoms with E-state index in [1.807, 2.05) is 6.08 Å². The first-order chi connectivity index (χ1) is 6.70. The van der Waals surface area contributed by atoms with Gasteiger partial charge in [-0.1, -0.05) is 12.2 Å². The Morgan fingerprint density at radius 1 is 1.50 bits per heavy atom. The van der Waals surface area contributed by atoms with Gasteiger partial charge in [-0.3, -0.25) is 4.79 Å². The molecule has 14 heavy (non-hydrogen) atoms. The van der Waals surface area contributed by atoms with Crippen molar-refractivity contribution in [3.8, 4) is 0 Å². The third kappa shape index (κ3) is 7.76. The van der Waals surface area contributed by atoms with E-state index < -0.39 is 6.10 Å². The highest BCUT2D eigenvalue weighted by Crippen LogP contribution is 2.00.